The van der Waals surface area contributed by atoms with Crippen LogP contribution in [0.2, 0.25) is 0 Å². The molecule has 8 heteroatoms. The first kappa shape index (κ1) is 11.8. The maximum Gasteiger partial charge on any atom is 0.354 e. The number of aromatic amines is 1. The first-order chi connectivity index (χ1) is 8.68. The Balaban J connectivity index is 1.91. The van der Waals surface area contributed by atoms with Gasteiger partial charge in [0, 0.05) is 18.9 Å². The summed E-state index contributed by atoms with van der Waals surface area (Å²) in [5.41, 5.74) is -0.338. The highest BCUT2D eigenvalue weighted by atomic mass is 16.4. The summed E-state index contributed by atoms with van der Waals surface area (Å²) < 4.78 is 1.66. The second-order valence-corrected chi connectivity index (χ2v) is 3.46. The lowest BCUT2D eigenvalue weighted by atomic mass is 10.3. The topological polar surface area (TPSA) is 113 Å². The van der Waals surface area contributed by atoms with Gasteiger partial charge in [-0.25, -0.2) is 9.78 Å². The number of carbonyl (C=O) groups is 2. The molecule has 2 heterocycles. The van der Waals surface area contributed by atoms with Gasteiger partial charge in [-0.1, -0.05) is 0 Å². The summed E-state index contributed by atoms with van der Waals surface area (Å²) in [6.07, 6.45) is 4.58. The molecule has 2 aromatic heterocycles. The van der Waals surface area contributed by atoms with Crippen LogP contribution in [0.1, 0.15) is 21.0 Å². The van der Waals surface area contributed by atoms with Gasteiger partial charge in [-0.3, -0.25) is 9.48 Å². The molecule has 1 amide bonds. The predicted octanol–water partition coefficient (Wildman–Crippen LogP) is -0.266. The molecular formula is C10H11N5O3. The Morgan fingerprint density at radius 2 is 2.33 bits per heavy atom. The van der Waals surface area contributed by atoms with Crippen LogP contribution < -0.4 is 5.32 Å². The number of nitrogens with one attached hydrogen (secondary N) is 2. The second kappa shape index (κ2) is 5.13. The highest BCUT2D eigenvalue weighted by molar-refractivity contribution is 6.02. The van der Waals surface area contributed by atoms with Gasteiger partial charge in [-0.05, 0) is 6.07 Å². The van der Waals surface area contributed by atoms with Crippen molar-refractivity contribution in [1.82, 2.24) is 25.1 Å². The summed E-state index contributed by atoms with van der Waals surface area (Å²) in [6.45, 7) is 0.845. The molecule has 18 heavy (non-hydrogen) atoms. The van der Waals surface area contributed by atoms with E-state index in [4.69, 9.17) is 5.11 Å². The summed E-state index contributed by atoms with van der Waals surface area (Å²) >= 11 is 0. The smallest absolute Gasteiger partial charge is 0.354 e. The van der Waals surface area contributed by atoms with E-state index in [0.29, 0.717) is 13.1 Å². The average molecular weight is 249 g/mol. The number of imidazole rings is 1. The van der Waals surface area contributed by atoms with Crippen molar-refractivity contribution in [3.05, 3.63) is 36.2 Å². The molecule has 0 aliphatic heterocycles. The van der Waals surface area contributed by atoms with Gasteiger partial charge in [0.05, 0.1) is 12.9 Å². The first-order valence-electron chi connectivity index (χ1n) is 5.21. The Kier molecular flexibility index (Phi) is 3.37. The summed E-state index contributed by atoms with van der Waals surface area (Å²) in [5.74, 6) is -1.74. The van der Waals surface area contributed by atoms with Crippen molar-refractivity contribution >= 4 is 11.9 Å². The minimum Gasteiger partial charge on any atom is -0.477 e. The fourth-order valence-electron chi connectivity index (χ4n) is 1.43. The fraction of sp³-hybridized carbons (Fsp3) is 0.200. The molecule has 2 aromatic rings. The molecule has 0 aliphatic carbocycles. The van der Waals surface area contributed by atoms with E-state index in [2.05, 4.69) is 20.4 Å². The van der Waals surface area contributed by atoms with E-state index in [-0.39, 0.29) is 11.4 Å². The molecule has 94 valence electrons. The van der Waals surface area contributed by atoms with Crippen LogP contribution in [0.5, 0.6) is 0 Å². The Morgan fingerprint density at radius 1 is 1.50 bits per heavy atom. The Bertz CT molecular complexity index is 546. The number of hydrogen-bond acceptors (Lipinski definition) is 4. The molecule has 0 radical (unpaired) electrons. The number of rotatable bonds is 5. The summed E-state index contributed by atoms with van der Waals surface area (Å²) in [4.78, 5) is 28.5. The van der Waals surface area contributed by atoms with Crippen molar-refractivity contribution in [3.8, 4) is 0 Å². The molecule has 0 atom stereocenters. The van der Waals surface area contributed by atoms with Gasteiger partial charge in [0.1, 0.15) is 0 Å². The fourth-order valence-corrected chi connectivity index (χ4v) is 1.43. The second-order valence-electron chi connectivity index (χ2n) is 3.46. The minimum absolute atomic E-state index is 0.122. The van der Waals surface area contributed by atoms with E-state index in [1.165, 1.54) is 6.33 Å². The van der Waals surface area contributed by atoms with Crippen molar-refractivity contribution < 1.29 is 14.7 Å². The number of H-pyrrole nitrogens is 1. The monoisotopic (exact) mass is 249 g/mol. The lowest BCUT2D eigenvalue weighted by Gasteiger charge is -2.04. The number of amides is 1. The summed E-state index contributed by atoms with van der Waals surface area (Å²) in [5, 5.41) is 15.4. The number of nitrogens with zero attached hydrogens (tertiary/aromatic N) is 3. The standard InChI is InChI=1S/C10H11N5O3/c16-9(7-8(10(17)18)13-6-12-7)11-3-5-15-4-1-2-14-15/h1-2,4,6H,3,5H2,(H,11,16)(H,12,13)(H,17,18). The van der Waals surface area contributed by atoms with E-state index in [1.54, 1.807) is 23.1 Å². The number of carbonyl (C=O) groups excluding carboxylic acids is 1. The first-order valence-corrected chi connectivity index (χ1v) is 5.21. The van der Waals surface area contributed by atoms with E-state index in [9.17, 15) is 9.59 Å². The molecule has 0 unspecified atom stereocenters. The van der Waals surface area contributed by atoms with Gasteiger partial charge in [0.2, 0.25) is 0 Å². The van der Waals surface area contributed by atoms with Crippen LogP contribution in [0.3, 0.4) is 0 Å². The van der Waals surface area contributed by atoms with Gasteiger partial charge in [-0.2, -0.15) is 5.10 Å². The van der Waals surface area contributed by atoms with Crippen molar-refractivity contribution in [2.45, 2.75) is 6.54 Å². The van der Waals surface area contributed by atoms with Crippen molar-refractivity contribution in [1.29, 1.82) is 0 Å². The predicted molar refractivity (Wildman–Crippen MR) is 60.1 cm³/mol. The van der Waals surface area contributed by atoms with Crippen LogP contribution >= 0.6 is 0 Å². The largest absolute Gasteiger partial charge is 0.477 e. The average Bonchev–Trinajstić information content (AvgIpc) is 2.99. The Hall–Kier alpha value is -2.64. The van der Waals surface area contributed by atoms with Crippen LogP contribution in [-0.2, 0) is 6.54 Å². The molecule has 0 saturated heterocycles. The number of carboxylic acid groups (broad SMARTS) is 1. The zero-order valence-electron chi connectivity index (χ0n) is 9.33. The maximum absolute atomic E-state index is 11.7. The van der Waals surface area contributed by atoms with Gasteiger partial charge in [-0.15, -0.1) is 0 Å². The highest BCUT2D eigenvalue weighted by Crippen LogP contribution is 2.02. The quantitative estimate of drug-likeness (QED) is 0.675. The van der Waals surface area contributed by atoms with Crippen LogP contribution in [0, 0.1) is 0 Å². The third-order valence-electron chi connectivity index (χ3n) is 2.25. The molecule has 0 saturated carbocycles. The third-order valence-corrected chi connectivity index (χ3v) is 2.25. The molecule has 0 fully saturated rings. The summed E-state index contributed by atoms with van der Waals surface area (Å²) in [7, 11) is 0. The lowest BCUT2D eigenvalue weighted by molar-refractivity contribution is 0.0685. The number of aromatic carboxylic acids is 1. The molecule has 0 aliphatic rings. The highest BCUT2D eigenvalue weighted by Gasteiger charge is 2.18. The normalized spacial score (nSPS) is 10.2. The molecule has 0 aromatic carbocycles. The van der Waals surface area contributed by atoms with Gasteiger partial charge in [0.25, 0.3) is 5.91 Å². The van der Waals surface area contributed by atoms with Crippen molar-refractivity contribution in [2.75, 3.05) is 6.54 Å². The van der Waals surface area contributed by atoms with Gasteiger partial charge < -0.3 is 15.4 Å². The lowest BCUT2D eigenvalue weighted by Crippen LogP contribution is -2.29. The third kappa shape index (κ3) is 2.54. The van der Waals surface area contributed by atoms with Crippen molar-refractivity contribution in [2.24, 2.45) is 0 Å². The van der Waals surface area contributed by atoms with Crippen molar-refractivity contribution in [3.63, 3.8) is 0 Å². The molecule has 0 bridgehead atoms. The van der Waals surface area contributed by atoms with Crippen LogP contribution in [-0.4, -0.2) is 43.3 Å². The molecule has 0 spiro atoms. The molecule has 2 rings (SSSR count). The van der Waals surface area contributed by atoms with Gasteiger partial charge in [0.15, 0.2) is 11.4 Å². The van der Waals surface area contributed by atoms with E-state index >= 15 is 0 Å². The molecule has 3 N–H and O–H groups in total. The minimum atomic E-state index is -1.22. The van der Waals surface area contributed by atoms with E-state index < -0.39 is 11.9 Å². The Labute approximate surface area is 102 Å². The van der Waals surface area contributed by atoms with E-state index in [1.807, 2.05) is 0 Å². The summed E-state index contributed by atoms with van der Waals surface area (Å²) in [6, 6.07) is 1.78. The number of aromatic nitrogens is 4. The van der Waals surface area contributed by atoms with Gasteiger partial charge >= 0.3 is 5.97 Å². The molecule has 8 nitrogen and oxygen atoms in total. The number of hydrogen-bond donors (Lipinski definition) is 3. The molecular weight excluding hydrogens is 238 g/mol. The van der Waals surface area contributed by atoms with E-state index in [0.717, 1.165) is 0 Å². The number of carboxylic acids is 1. The Morgan fingerprint density at radius 3 is 3.00 bits per heavy atom. The van der Waals surface area contributed by atoms with Crippen LogP contribution in [0.4, 0.5) is 0 Å². The van der Waals surface area contributed by atoms with Crippen LogP contribution in [0.15, 0.2) is 24.8 Å². The zero-order valence-corrected chi connectivity index (χ0v) is 9.33. The van der Waals surface area contributed by atoms with Crippen LogP contribution in [0.25, 0.3) is 0 Å². The SMILES string of the molecule is O=C(NCCn1cccn1)c1nc[nH]c1C(=O)O. The zero-order chi connectivity index (χ0) is 13.0. The maximum atomic E-state index is 11.7.